The maximum Gasteiger partial charge on any atom is 0.261 e. The zero-order chi connectivity index (χ0) is 20.5. The van der Waals surface area contributed by atoms with Gasteiger partial charge in [0.25, 0.3) is 5.91 Å². The largest absolute Gasteiger partial charge is 0.368 e. The molecule has 0 aliphatic heterocycles. The molecule has 2 heterocycles. The van der Waals surface area contributed by atoms with Crippen LogP contribution in [0.5, 0.6) is 0 Å². The van der Waals surface area contributed by atoms with E-state index in [0.29, 0.717) is 36.4 Å². The summed E-state index contributed by atoms with van der Waals surface area (Å²) in [5.74, 6) is -0.0685. The number of benzene rings is 2. The quantitative estimate of drug-likeness (QED) is 0.371. The van der Waals surface area contributed by atoms with Crippen molar-refractivity contribution in [3.8, 4) is 11.3 Å². The van der Waals surface area contributed by atoms with E-state index in [4.69, 9.17) is 28.9 Å². The maximum absolute atomic E-state index is 12.8. The van der Waals surface area contributed by atoms with Crippen LogP contribution in [0.4, 0.5) is 5.95 Å². The molecule has 0 spiro atoms. The molecule has 4 rings (SSSR count). The Morgan fingerprint density at radius 3 is 2.53 bits per heavy atom. The second-order valence-electron chi connectivity index (χ2n) is 6.49. The highest BCUT2D eigenvalue weighted by atomic mass is 35.5. The molecule has 154 valence electrons. The van der Waals surface area contributed by atoms with Crippen LogP contribution < -0.4 is 11.1 Å². The predicted octanol–water partition coefficient (Wildman–Crippen LogP) is 6.37. The van der Waals surface area contributed by atoms with Crippen LogP contribution in [0.2, 0.25) is 10.0 Å². The molecule has 0 saturated carbocycles. The lowest BCUT2D eigenvalue weighted by Crippen LogP contribution is -2.25. The summed E-state index contributed by atoms with van der Waals surface area (Å²) in [6.45, 7) is 1.94. The van der Waals surface area contributed by atoms with Crippen molar-refractivity contribution < 1.29 is 4.79 Å². The van der Waals surface area contributed by atoms with Gasteiger partial charge in [-0.1, -0.05) is 61.0 Å². The van der Waals surface area contributed by atoms with E-state index in [9.17, 15) is 4.79 Å². The number of rotatable bonds is 4. The lowest BCUT2D eigenvalue weighted by Gasteiger charge is -2.13. The van der Waals surface area contributed by atoms with Gasteiger partial charge in [0.1, 0.15) is 4.83 Å². The molecular formula is C22H20Cl2N4OS. The summed E-state index contributed by atoms with van der Waals surface area (Å²) in [4.78, 5) is 22.6. The van der Waals surface area contributed by atoms with E-state index in [2.05, 4.69) is 15.3 Å². The van der Waals surface area contributed by atoms with Crippen molar-refractivity contribution in [1.29, 1.82) is 0 Å². The number of nitrogen functional groups attached to an aromatic ring is 1. The number of thiophene rings is 1. The second-order valence-corrected chi connectivity index (χ2v) is 8.36. The third kappa shape index (κ3) is 4.41. The summed E-state index contributed by atoms with van der Waals surface area (Å²) in [5, 5.41) is 4.70. The summed E-state index contributed by atoms with van der Waals surface area (Å²) in [5.41, 5.74) is 8.17. The number of nitrogens with two attached hydrogens (primary N) is 1. The molecule has 0 unspecified atom stereocenters. The SMILES string of the molecule is C.C[C@@H](NC(=O)c1cc2c(-c3ccc(Cl)cc3Cl)nc(N)nc2s1)c1ccccc1. The van der Waals surface area contributed by atoms with Crippen LogP contribution in [-0.2, 0) is 0 Å². The molecule has 0 aliphatic carbocycles. The number of halogens is 2. The van der Waals surface area contributed by atoms with Gasteiger partial charge in [-0.2, -0.15) is 0 Å². The molecule has 1 atom stereocenters. The first-order valence-corrected chi connectivity index (χ1v) is 10.4. The lowest BCUT2D eigenvalue weighted by molar-refractivity contribution is 0.0944. The third-order valence-electron chi connectivity index (χ3n) is 4.47. The number of anilines is 1. The number of nitrogens with one attached hydrogen (secondary N) is 1. The Bertz CT molecular complexity index is 1210. The standard InChI is InChI=1S/C21H16Cl2N4OS.CH4/c1-11(12-5-3-2-4-6-12)25-19(28)17-10-15-18(26-21(24)27-20(15)29-17)14-8-7-13(22)9-16(14)23;/h2-11H,1H3,(H,25,28)(H2,24,26,27);1H4/t11-;/m1./s1. The number of aromatic nitrogens is 2. The van der Waals surface area contributed by atoms with Gasteiger partial charge in [-0.15, -0.1) is 11.3 Å². The van der Waals surface area contributed by atoms with E-state index in [1.807, 2.05) is 37.3 Å². The normalized spacial score (nSPS) is 11.7. The molecule has 1 amide bonds. The number of fused-ring (bicyclic) bond motifs is 1. The van der Waals surface area contributed by atoms with E-state index in [0.717, 1.165) is 5.56 Å². The van der Waals surface area contributed by atoms with Gasteiger partial charge in [0.2, 0.25) is 5.95 Å². The number of nitrogens with zero attached hydrogens (tertiary/aromatic N) is 2. The van der Waals surface area contributed by atoms with Gasteiger partial charge in [-0.25, -0.2) is 9.97 Å². The van der Waals surface area contributed by atoms with E-state index in [1.54, 1.807) is 24.3 Å². The molecule has 0 saturated heterocycles. The number of carbonyl (C=O) groups excluding carboxylic acids is 1. The summed E-state index contributed by atoms with van der Waals surface area (Å²) in [7, 11) is 0. The Morgan fingerprint density at radius 2 is 1.83 bits per heavy atom. The van der Waals surface area contributed by atoms with Gasteiger partial charge in [0.05, 0.1) is 21.6 Å². The van der Waals surface area contributed by atoms with Crippen molar-refractivity contribution in [2.75, 3.05) is 5.73 Å². The summed E-state index contributed by atoms with van der Waals surface area (Å²) >= 11 is 13.6. The summed E-state index contributed by atoms with van der Waals surface area (Å²) in [6.07, 6.45) is 0. The Labute approximate surface area is 188 Å². The van der Waals surface area contributed by atoms with Gasteiger partial charge in [0, 0.05) is 16.0 Å². The number of carbonyl (C=O) groups is 1. The Morgan fingerprint density at radius 1 is 1.10 bits per heavy atom. The van der Waals surface area contributed by atoms with Crippen molar-refractivity contribution in [3.63, 3.8) is 0 Å². The first kappa shape index (κ1) is 22.0. The summed E-state index contributed by atoms with van der Waals surface area (Å²) < 4.78 is 0. The lowest BCUT2D eigenvalue weighted by atomic mass is 10.1. The minimum absolute atomic E-state index is 0. The van der Waals surface area contributed by atoms with E-state index >= 15 is 0 Å². The van der Waals surface area contributed by atoms with Crippen molar-refractivity contribution in [2.45, 2.75) is 20.4 Å². The van der Waals surface area contributed by atoms with Crippen LogP contribution in [0.15, 0.2) is 54.6 Å². The Balaban J connectivity index is 0.00000256. The number of hydrogen-bond donors (Lipinski definition) is 2. The van der Waals surface area contributed by atoms with Crippen molar-refractivity contribution in [3.05, 3.63) is 75.1 Å². The number of hydrogen-bond acceptors (Lipinski definition) is 5. The second kappa shape index (κ2) is 9.00. The Kier molecular flexibility index (Phi) is 6.61. The molecule has 0 aliphatic rings. The smallest absolute Gasteiger partial charge is 0.261 e. The topological polar surface area (TPSA) is 80.9 Å². The first-order valence-electron chi connectivity index (χ1n) is 8.80. The fourth-order valence-corrected chi connectivity index (χ4v) is 4.47. The Hall–Kier alpha value is -2.67. The summed E-state index contributed by atoms with van der Waals surface area (Å²) in [6, 6.07) is 16.6. The van der Waals surface area contributed by atoms with Gasteiger partial charge < -0.3 is 11.1 Å². The molecule has 3 N–H and O–H groups in total. The zero-order valence-electron chi connectivity index (χ0n) is 15.3. The highest BCUT2D eigenvalue weighted by molar-refractivity contribution is 7.20. The average Bonchev–Trinajstić information content (AvgIpc) is 3.12. The highest BCUT2D eigenvalue weighted by Gasteiger charge is 2.19. The predicted molar refractivity (Wildman–Crippen MR) is 126 cm³/mol. The molecule has 2 aromatic heterocycles. The van der Waals surface area contributed by atoms with E-state index in [-0.39, 0.29) is 25.3 Å². The fraction of sp³-hybridized carbons (Fsp3) is 0.136. The molecule has 5 nitrogen and oxygen atoms in total. The molecular weight excluding hydrogens is 439 g/mol. The first-order chi connectivity index (χ1) is 13.9. The van der Waals surface area contributed by atoms with E-state index in [1.165, 1.54) is 11.3 Å². The van der Waals surface area contributed by atoms with Crippen LogP contribution in [0.1, 0.15) is 35.6 Å². The minimum Gasteiger partial charge on any atom is -0.368 e. The van der Waals surface area contributed by atoms with Crippen LogP contribution in [0, 0.1) is 0 Å². The molecule has 8 heteroatoms. The van der Waals surface area contributed by atoms with Gasteiger partial charge >= 0.3 is 0 Å². The molecule has 30 heavy (non-hydrogen) atoms. The molecule has 0 radical (unpaired) electrons. The van der Waals surface area contributed by atoms with Crippen LogP contribution in [0.25, 0.3) is 21.5 Å². The highest BCUT2D eigenvalue weighted by Crippen LogP contribution is 2.36. The van der Waals surface area contributed by atoms with Crippen LogP contribution >= 0.6 is 34.5 Å². The molecule has 0 bridgehead atoms. The fourth-order valence-electron chi connectivity index (χ4n) is 3.03. The van der Waals surface area contributed by atoms with Gasteiger partial charge in [-0.3, -0.25) is 4.79 Å². The maximum atomic E-state index is 12.8. The monoisotopic (exact) mass is 458 g/mol. The average molecular weight is 459 g/mol. The molecule has 0 fully saturated rings. The van der Waals surface area contributed by atoms with Crippen molar-refractivity contribution in [2.24, 2.45) is 0 Å². The van der Waals surface area contributed by atoms with Crippen molar-refractivity contribution >= 4 is 56.6 Å². The van der Waals surface area contributed by atoms with Gasteiger partial charge in [0.15, 0.2) is 0 Å². The number of amides is 1. The minimum atomic E-state index is -0.184. The van der Waals surface area contributed by atoms with Crippen LogP contribution in [0.3, 0.4) is 0 Å². The van der Waals surface area contributed by atoms with Crippen molar-refractivity contribution in [1.82, 2.24) is 15.3 Å². The molecule has 2 aromatic carbocycles. The third-order valence-corrected chi connectivity index (χ3v) is 6.04. The van der Waals surface area contributed by atoms with Gasteiger partial charge in [-0.05, 0) is 36.8 Å². The van der Waals surface area contributed by atoms with E-state index < -0.39 is 0 Å². The zero-order valence-corrected chi connectivity index (χ0v) is 17.6. The molecule has 4 aromatic rings. The van der Waals surface area contributed by atoms with Crippen LogP contribution in [-0.4, -0.2) is 15.9 Å².